The van der Waals surface area contributed by atoms with Crippen LogP contribution in [0.3, 0.4) is 0 Å². The SMILES string of the molecule is CC(C)=O.CN(C)C=O.CN(C)C=O.CN(C)C=O.[O-][Cl+3]([O-])([O-])[O-].[O-][Cl+3]([O-])([O-])[O-].[O-][Cl+3]([O-])([O-])[O-].[O-][Cl+3]([O-])([O-])[O-].[Pb+2].[Pb+2].c1ccc(-c2cn(Cc3cccc(Cn4cc(-c5ccccn5)nn4)c3)nn2)nc1.c1ccc(-c2cn(Cc3cccc(Cn4cc(-c5ccccn5)nn4)c3)nn2)nc1.c1ccc(-c2cn(Cc3cccc(Cn4cc(-c5ccccn5)nn4)c3)nn2)nc1. The second-order valence-corrected chi connectivity index (χ2v) is 29.2. The second kappa shape index (κ2) is 59.2. The molecule has 12 aromatic heterocycles. The zero-order valence-corrected chi connectivity index (χ0v) is 81.3. The third-order valence-corrected chi connectivity index (χ3v) is 14.5. The molecular weight excluding hydrogens is 2190 g/mol. The molecule has 0 N–H and O–H groups in total. The van der Waals surface area contributed by atoms with E-state index in [0.29, 0.717) is 39.3 Å². The summed E-state index contributed by atoms with van der Waals surface area (Å²) in [5, 5.41) is 50.7. The van der Waals surface area contributed by atoms with Gasteiger partial charge in [-0.25, -0.2) is 103 Å². The van der Waals surface area contributed by atoms with Crippen molar-refractivity contribution in [3.8, 4) is 68.3 Å². The quantitative estimate of drug-likeness (QED) is 0.0476. The molecule has 47 nitrogen and oxygen atoms in total. The Hall–Kier alpha value is -12.2. The molecule has 0 fully saturated rings. The molecule has 684 valence electrons. The van der Waals surface area contributed by atoms with Gasteiger partial charge in [0.1, 0.15) is 39.9 Å². The van der Waals surface area contributed by atoms with Gasteiger partial charge in [-0.15, -0.1) is 71.6 Å². The number of halogens is 4. The number of hydrogen-bond donors (Lipinski definition) is 0. The Labute approximate surface area is 796 Å². The van der Waals surface area contributed by atoms with E-state index >= 15 is 0 Å². The van der Waals surface area contributed by atoms with Crippen LogP contribution in [-0.4, -0.2) is 256 Å². The summed E-state index contributed by atoms with van der Waals surface area (Å²) in [4.78, 5) is 68.0. The van der Waals surface area contributed by atoms with Crippen LogP contribution < -0.4 is 74.5 Å². The molecule has 0 atom stereocenters. The molecule has 0 saturated heterocycles. The van der Waals surface area contributed by atoms with Crippen LogP contribution in [0, 0.1) is 41.0 Å². The largest absolute Gasteiger partial charge is 2.00 e. The fourth-order valence-corrected chi connectivity index (χ4v) is 9.65. The molecule has 0 aliphatic carbocycles. The Morgan fingerprint density at radius 1 is 0.260 bits per heavy atom. The third-order valence-electron chi connectivity index (χ3n) is 14.5. The van der Waals surface area contributed by atoms with Crippen LogP contribution in [0.15, 0.2) is 256 Å². The molecule has 0 spiro atoms. The van der Waals surface area contributed by atoms with Gasteiger partial charge in [0.25, 0.3) is 0 Å². The number of amides is 3. The molecule has 0 bridgehead atoms. The van der Waals surface area contributed by atoms with Gasteiger partial charge in [-0.2, -0.15) is 0 Å². The molecule has 3 aromatic carbocycles. The van der Waals surface area contributed by atoms with E-state index < -0.39 is 41.0 Å². The summed E-state index contributed by atoms with van der Waals surface area (Å²) in [7, 11) is -9.65. The first-order valence-electron chi connectivity index (χ1n) is 36.5. The molecule has 0 aliphatic rings. The van der Waals surface area contributed by atoms with Crippen molar-refractivity contribution >= 4 is 79.6 Å². The first-order valence-corrected chi connectivity index (χ1v) is 41.4. The number of carbonyl (C=O) groups is 4. The van der Waals surface area contributed by atoms with Gasteiger partial charge in [-0.3, -0.25) is 44.3 Å². The summed E-state index contributed by atoms with van der Waals surface area (Å²) in [6.07, 6.45) is 24.2. The van der Waals surface area contributed by atoms with Crippen LogP contribution in [0.25, 0.3) is 68.3 Å². The Morgan fingerprint density at radius 3 is 0.496 bits per heavy atom. The van der Waals surface area contributed by atoms with Crippen LogP contribution >= 0.6 is 0 Å². The number of Topliss-reactive ketones (excluding diaryl/α,β-unsaturated/α-hetero) is 1. The van der Waals surface area contributed by atoms with Crippen molar-refractivity contribution < 1.29 is 135 Å². The normalized spacial score (nSPS) is 10.3. The predicted molar refractivity (Wildman–Crippen MR) is 421 cm³/mol. The van der Waals surface area contributed by atoms with Crippen LogP contribution in [0.1, 0.15) is 47.2 Å². The minimum atomic E-state index is -4.94. The van der Waals surface area contributed by atoms with Gasteiger partial charge in [0, 0.05) is 79.5 Å². The topological polar surface area (TPSA) is 709 Å². The second-order valence-electron chi connectivity index (χ2n) is 26.2. The van der Waals surface area contributed by atoms with E-state index in [4.69, 9.17) is 74.5 Å². The maximum absolute atomic E-state index is 9.44. The van der Waals surface area contributed by atoms with Crippen molar-refractivity contribution in [3.05, 3.63) is 290 Å². The average molecular weight is 2270 g/mol. The third kappa shape index (κ3) is 52.3. The van der Waals surface area contributed by atoms with E-state index in [0.717, 1.165) is 121 Å². The van der Waals surface area contributed by atoms with Gasteiger partial charge in [-0.05, 0) is 120 Å². The van der Waals surface area contributed by atoms with Crippen LogP contribution in [0.4, 0.5) is 0 Å². The van der Waals surface area contributed by atoms with Crippen LogP contribution in [0.5, 0.6) is 0 Å². The molecule has 0 aliphatic heterocycles. The summed E-state index contributed by atoms with van der Waals surface area (Å²) < 4.78 is 147. The number of nitrogens with zero attached hydrogens (tertiary/aromatic N) is 27. The van der Waals surface area contributed by atoms with Gasteiger partial charge in [-0.1, -0.05) is 140 Å². The Kier molecular flexibility index (Phi) is 51.1. The summed E-state index contributed by atoms with van der Waals surface area (Å²) in [5.74, 6) is 0.167. The molecule has 3 amide bonds. The Balaban J connectivity index is 0.000000418. The average Bonchev–Trinajstić information content (AvgIpc) is 1.73. The molecule has 53 heteroatoms. The van der Waals surface area contributed by atoms with Gasteiger partial charge in [0.15, 0.2) is 0 Å². The molecule has 0 saturated carbocycles. The van der Waals surface area contributed by atoms with Crippen molar-refractivity contribution in [1.82, 2.24) is 135 Å². The fourth-order valence-electron chi connectivity index (χ4n) is 9.65. The van der Waals surface area contributed by atoms with Crippen LogP contribution in [-0.2, 0) is 58.4 Å². The van der Waals surface area contributed by atoms with E-state index in [1.54, 1.807) is 79.5 Å². The van der Waals surface area contributed by atoms with E-state index in [2.05, 4.69) is 146 Å². The number of pyridine rings is 6. The first-order chi connectivity index (χ1) is 61.0. The van der Waals surface area contributed by atoms with Crippen molar-refractivity contribution in [2.45, 2.75) is 53.1 Å². The van der Waals surface area contributed by atoms with E-state index in [9.17, 15) is 19.2 Å². The Morgan fingerprint density at radius 2 is 0.389 bits per heavy atom. The number of ketones is 1. The minimum absolute atomic E-state index is 0. The molecule has 0 unspecified atom stereocenters. The molecule has 131 heavy (non-hydrogen) atoms. The standard InChI is InChI=1S/3C22H18N8.3C3H7NO.C3H6O.4ClHO4.2Pb/c3*1-3-10-23-19(8-1)21-15-29(27-25-21)13-17-6-5-7-18(12-17)14-30-16-22(26-28-30)20-9-2-4-11-24-20;3*1-4(2)3-5;1-3(2)4;4*2-1(3,4)5;;/h3*1-12,15-16H,13-14H2;3*3H,1-2H3;1-2H3;4*(H,2,3,4,5);;/q;;;;;;;;;;;2*+2/p-4. The summed E-state index contributed by atoms with van der Waals surface area (Å²) >= 11 is 0. The van der Waals surface area contributed by atoms with Gasteiger partial charge >= 0.3 is 54.6 Å². The van der Waals surface area contributed by atoms with Gasteiger partial charge in [0.2, 0.25) is 19.2 Å². The zero-order chi connectivity index (χ0) is 95.0. The van der Waals surface area contributed by atoms with Gasteiger partial charge < -0.3 is 19.5 Å². The number of aromatic nitrogens is 24. The van der Waals surface area contributed by atoms with Crippen molar-refractivity contribution in [2.75, 3.05) is 42.3 Å². The van der Waals surface area contributed by atoms with Crippen molar-refractivity contribution in [2.24, 2.45) is 0 Å². The molecule has 15 rings (SSSR count). The maximum atomic E-state index is 9.44. The number of rotatable bonds is 21. The zero-order valence-electron chi connectivity index (χ0n) is 70.5. The Bertz CT molecular complexity index is 4830. The molecule has 12 heterocycles. The van der Waals surface area contributed by atoms with Gasteiger partial charge in [0.05, 0.1) is 111 Å². The number of benzene rings is 3. The van der Waals surface area contributed by atoms with E-state index in [-0.39, 0.29) is 60.4 Å². The summed E-state index contributed by atoms with van der Waals surface area (Å²) in [6.45, 7) is 6.83. The van der Waals surface area contributed by atoms with E-state index in [1.165, 1.54) is 28.5 Å². The van der Waals surface area contributed by atoms with Crippen molar-refractivity contribution in [1.29, 1.82) is 0 Å². The summed E-state index contributed by atoms with van der Waals surface area (Å²) in [6, 6.07) is 59.5. The smallest absolute Gasteiger partial charge is 0.351 e. The number of carbonyl (C=O) groups excluding carboxylic acids is 4. The monoisotopic (exact) mass is 2270 g/mol. The van der Waals surface area contributed by atoms with Crippen molar-refractivity contribution in [3.63, 3.8) is 0 Å². The maximum Gasteiger partial charge on any atom is 2.00 e. The van der Waals surface area contributed by atoms with E-state index in [1.807, 2.05) is 193 Å². The number of hydrogen-bond acceptors (Lipinski definition) is 38. The minimum Gasteiger partial charge on any atom is -0.351 e. The predicted octanol–water partition coefficient (Wildman–Crippen LogP) is -10.8. The fraction of sp³-hybridized carbons (Fsp3) is 0.179. The molecule has 15 aromatic rings. The summed E-state index contributed by atoms with van der Waals surface area (Å²) in [5.41, 5.74) is 16.2. The molecule has 4 radical (unpaired) electrons. The molecular formula is C78H81Cl4N27O20Pb2. The van der Waals surface area contributed by atoms with Crippen LogP contribution in [0.2, 0.25) is 0 Å². The first kappa shape index (κ1) is 113.